The average Bonchev–Trinajstić information content (AvgIpc) is 3.18. The molecule has 3 heteroatoms. The van der Waals surface area contributed by atoms with E-state index in [2.05, 4.69) is 110 Å². The first kappa shape index (κ1) is 31.3. The van der Waals surface area contributed by atoms with Crippen LogP contribution in [0.5, 0.6) is 0 Å². The molecule has 210 valence electrons. The SMILES string of the molecule is CCCCCCCCCCCCCCn1c2ccc(C#C[Si](C)(C)C)cc2c2cc(C#C[Si](C)(C)C)ccc21. The number of benzene rings is 2. The van der Waals surface area contributed by atoms with Crippen LogP contribution in [0.25, 0.3) is 21.8 Å². The number of aryl methyl sites for hydroxylation is 1. The molecule has 2 aromatic carbocycles. The van der Waals surface area contributed by atoms with Crippen LogP contribution in [-0.2, 0) is 6.54 Å². The van der Waals surface area contributed by atoms with E-state index in [1.807, 2.05) is 0 Å². The highest BCUT2D eigenvalue weighted by Crippen LogP contribution is 2.31. The fourth-order valence-electron chi connectivity index (χ4n) is 5.13. The Balaban J connectivity index is 1.70. The topological polar surface area (TPSA) is 4.93 Å². The molecule has 3 rings (SSSR count). The Hall–Kier alpha value is -2.21. The smallest absolute Gasteiger partial charge is 0.129 e. The fourth-order valence-corrected chi connectivity index (χ4v) is 6.17. The molecular weight excluding hydrogens is 503 g/mol. The Morgan fingerprint density at radius 2 is 0.923 bits per heavy atom. The second-order valence-electron chi connectivity index (χ2n) is 13.5. The van der Waals surface area contributed by atoms with Gasteiger partial charge in [-0.1, -0.05) is 129 Å². The summed E-state index contributed by atoms with van der Waals surface area (Å²) in [7, 11) is -2.84. The Kier molecular flexibility index (Phi) is 12.0. The summed E-state index contributed by atoms with van der Waals surface area (Å²) >= 11 is 0. The van der Waals surface area contributed by atoms with Gasteiger partial charge in [-0.25, -0.2) is 0 Å². The Labute approximate surface area is 242 Å². The highest BCUT2D eigenvalue weighted by atomic mass is 28.3. The van der Waals surface area contributed by atoms with Crippen molar-refractivity contribution in [1.29, 1.82) is 0 Å². The van der Waals surface area contributed by atoms with Gasteiger partial charge in [0, 0.05) is 39.5 Å². The van der Waals surface area contributed by atoms with E-state index in [9.17, 15) is 0 Å². The standard InChI is InChI=1S/C36H53NSi2/c1-8-9-10-11-12-13-14-15-16-17-18-19-26-37-35-22-20-31(24-27-38(2,3)4)29-33(35)34-30-32(21-23-36(34)37)25-28-39(5,6)7/h20-23,29-30H,8-19,26H2,1-7H3. The molecule has 0 unspecified atom stereocenters. The summed E-state index contributed by atoms with van der Waals surface area (Å²) in [5.41, 5.74) is 12.0. The van der Waals surface area contributed by atoms with Gasteiger partial charge < -0.3 is 4.57 Å². The molecule has 0 spiro atoms. The zero-order valence-corrected chi connectivity index (χ0v) is 28.1. The molecular formula is C36H53NSi2. The molecule has 0 bridgehead atoms. The van der Waals surface area contributed by atoms with Crippen LogP contribution in [0, 0.1) is 22.9 Å². The first-order chi connectivity index (χ1) is 18.6. The first-order valence-electron chi connectivity index (χ1n) is 15.7. The van der Waals surface area contributed by atoms with Gasteiger partial charge in [0.25, 0.3) is 0 Å². The molecule has 0 aliphatic heterocycles. The molecule has 0 N–H and O–H groups in total. The van der Waals surface area contributed by atoms with Gasteiger partial charge in [-0.05, 0) is 42.8 Å². The highest BCUT2D eigenvalue weighted by molar-refractivity contribution is 6.84. The zero-order chi connectivity index (χ0) is 28.3. The summed E-state index contributed by atoms with van der Waals surface area (Å²) in [6, 6.07) is 13.7. The number of hydrogen-bond donors (Lipinski definition) is 0. The van der Waals surface area contributed by atoms with Gasteiger partial charge in [0.1, 0.15) is 16.1 Å². The second-order valence-corrected chi connectivity index (χ2v) is 23.0. The lowest BCUT2D eigenvalue weighted by Crippen LogP contribution is -2.16. The summed E-state index contributed by atoms with van der Waals surface area (Å²) in [6.07, 6.45) is 16.6. The maximum Gasteiger partial charge on any atom is 0.129 e. The van der Waals surface area contributed by atoms with Crippen LogP contribution < -0.4 is 0 Å². The minimum atomic E-state index is -1.42. The predicted molar refractivity (Wildman–Crippen MR) is 181 cm³/mol. The van der Waals surface area contributed by atoms with Gasteiger partial charge in [0.2, 0.25) is 0 Å². The van der Waals surface area contributed by atoms with Gasteiger partial charge in [-0.15, -0.1) is 11.1 Å². The van der Waals surface area contributed by atoms with Crippen LogP contribution in [0.3, 0.4) is 0 Å². The summed E-state index contributed by atoms with van der Waals surface area (Å²) in [5, 5.41) is 2.64. The van der Waals surface area contributed by atoms with Crippen molar-refractivity contribution >= 4 is 38.0 Å². The van der Waals surface area contributed by atoms with Crippen molar-refractivity contribution in [1.82, 2.24) is 4.57 Å². The van der Waals surface area contributed by atoms with Crippen LogP contribution in [0.1, 0.15) is 95.1 Å². The highest BCUT2D eigenvalue weighted by Gasteiger charge is 2.13. The van der Waals surface area contributed by atoms with Gasteiger partial charge in [0.05, 0.1) is 0 Å². The van der Waals surface area contributed by atoms with E-state index in [1.54, 1.807) is 0 Å². The van der Waals surface area contributed by atoms with Gasteiger partial charge in [-0.3, -0.25) is 0 Å². The second kappa shape index (κ2) is 15.0. The fraction of sp³-hybridized carbons (Fsp3) is 0.556. The van der Waals surface area contributed by atoms with E-state index < -0.39 is 16.1 Å². The average molecular weight is 556 g/mol. The molecule has 1 aromatic heterocycles. The molecule has 39 heavy (non-hydrogen) atoms. The monoisotopic (exact) mass is 555 g/mol. The molecule has 0 aliphatic carbocycles. The van der Waals surface area contributed by atoms with E-state index in [-0.39, 0.29) is 0 Å². The number of rotatable bonds is 13. The third-order valence-electron chi connectivity index (χ3n) is 7.26. The van der Waals surface area contributed by atoms with Crippen molar-refractivity contribution in [2.45, 2.75) is 130 Å². The quantitative estimate of drug-likeness (QED) is 0.112. The summed E-state index contributed by atoms with van der Waals surface area (Å²) in [5.74, 6) is 6.97. The Morgan fingerprint density at radius 1 is 0.538 bits per heavy atom. The van der Waals surface area contributed by atoms with E-state index in [1.165, 1.54) is 98.9 Å². The van der Waals surface area contributed by atoms with Crippen molar-refractivity contribution < 1.29 is 0 Å². The lowest BCUT2D eigenvalue weighted by molar-refractivity contribution is 0.533. The number of aromatic nitrogens is 1. The maximum absolute atomic E-state index is 3.55. The third kappa shape index (κ3) is 10.7. The normalized spacial score (nSPS) is 11.9. The number of unbranched alkanes of at least 4 members (excludes halogenated alkanes) is 11. The summed E-state index contributed by atoms with van der Waals surface area (Å²) < 4.78 is 2.55. The molecule has 0 amide bonds. The Morgan fingerprint density at radius 3 is 1.31 bits per heavy atom. The molecule has 0 fully saturated rings. The van der Waals surface area contributed by atoms with E-state index in [0.717, 1.165) is 17.7 Å². The number of nitrogens with zero attached hydrogens (tertiary/aromatic N) is 1. The lowest BCUT2D eigenvalue weighted by atomic mass is 10.1. The molecule has 0 aliphatic rings. The van der Waals surface area contributed by atoms with Crippen LogP contribution >= 0.6 is 0 Å². The van der Waals surface area contributed by atoms with Crippen LogP contribution in [0.2, 0.25) is 39.3 Å². The van der Waals surface area contributed by atoms with Gasteiger partial charge >= 0.3 is 0 Å². The zero-order valence-electron chi connectivity index (χ0n) is 26.1. The van der Waals surface area contributed by atoms with Crippen LogP contribution in [-0.4, -0.2) is 20.7 Å². The predicted octanol–water partition coefficient (Wildman–Crippen LogP) is 11.0. The number of fused-ring (bicyclic) bond motifs is 3. The van der Waals surface area contributed by atoms with E-state index in [0.29, 0.717) is 0 Å². The molecule has 0 atom stereocenters. The van der Waals surface area contributed by atoms with Crippen LogP contribution in [0.4, 0.5) is 0 Å². The lowest BCUT2D eigenvalue weighted by Gasteiger charge is -2.08. The van der Waals surface area contributed by atoms with Crippen molar-refractivity contribution in [2.24, 2.45) is 0 Å². The van der Waals surface area contributed by atoms with Crippen molar-refractivity contribution in [3.8, 4) is 22.9 Å². The van der Waals surface area contributed by atoms with E-state index in [4.69, 9.17) is 0 Å². The third-order valence-corrected chi connectivity index (χ3v) is 9.01. The van der Waals surface area contributed by atoms with Gasteiger partial charge in [0.15, 0.2) is 0 Å². The largest absolute Gasteiger partial charge is 0.340 e. The summed E-state index contributed by atoms with van der Waals surface area (Å²) in [4.78, 5) is 0. The number of hydrogen-bond acceptors (Lipinski definition) is 0. The molecule has 1 heterocycles. The molecule has 0 saturated carbocycles. The van der Waals surface area contributed by atoms with E-state index >= 15 is 0 Å². The summed E-state index contributed by atoms with van der Waals surface area (Å²) in [6.45, 7) is 17.2. The van der Waals surface area contributed by atoms with Crippen LogP contribution in [0.15, 0.2) is 36.4 Å². The van der Waals surface area contributed by atoms with Gasteiger partial charge in [-0.2, -0.15) is 0 Å². The Bertz CT molecular complexity index is 1240. The minimum Gasteiger partial charge on any atom is -0.340 e. The van der Waals surface area contributed by atoms with Crippen molar-refractivity contribution in [3.63, 3.8) is 0 Å². The first-order valence-corrected chi connectivity index (χ1v) is 22.7. The molecule has 3 aromatic rings. The molecule has 0 radical (unpaired) electrons. The molecule has 1 nitrogen and oxygen atoms in total. The molecule has 0 saturated heterocycles. The minimum absolute atomic E-state index is 1.08. The van der Waals surface area contributed by atoms with Crippen molar-refractivity contribution in [2.75, 3.05) is 0 Å². The van der Waals surface area contributed by atoms with Crippen molar-refractivity contribution in [3.05, 3.63) is 47.5 Å². The maximum atomic E-state index is 3.55.